The predicted molar refractivity (Wildman–Crippen MR) is 36.7 cm³/mol. The lowest BCUT2D eigenvalue weighted by molar-refractivity contribution is -0.147. The van der Waals surface area contributed by atoms with Crippen LogP contribution in [0.3, 0.4) is 0 Å². The Labute approximate surface area is 64.1 Å². The van der Waals surface area contributed by atoms with Gasteiger partial charge in [-0.1, -0.05) is 6.08 Å². The SMILES string of the molecule is C=CC[C@H]1OC(=O)[C@@H](O)[C@H]1O. The minimum atomic E-state index is -1.39. The van der Waals surface area contributed by atoms with Gasteiger partial charge in [0.1, 0.15) is 12.2 Å². The number of esters is 1. The van der Waals surface area contributed by atoms with E-state index in [1.165, 1.54) is 6.08 Å². The van der Waals surface area contributed by atoms with Crippen LogP contribution in [0.25, 0.3) is 0 Å². The zero-order chi connectivity index (χ0) is 8.43. The smallest absolute Gasteiger partial charge is 0.338 e. The van der Waals surface area contributed by atoms with Crippen molar-refractivity contribution in [2.24, 2.45) is 0 Å². The van der Waals surface area contributed by atoms with Crippen LogP contribution in [0.15, 0.2) is 12.7 Å². The van der Waals surface area contributed by atoms with Crippen LogP contribution in [0.1, 0.15) is 6.42 Å². The molecular weight excluding hydrogens is 148 g/mol. The largest absolute Gasteiger partial charge is 0.457 e. The Hall–Kier alpha value is -0.870. The monoisotopic (exact) mass is 158 g/mol. The molecule has 0 amide bonds. The van der Waals surface area contributed by atoms with Gasteiger partial charge >= 0.3 is 5.97 Å². The quantitative estimate of drug-likeness (QED) is 0.408. The lowest BCUT2D eigenvalue weighted by Crippen LogP contribution is -2.30. The number of aliphatic hydroxyl groups excluding tert-OH is 2. The van der Waals surface area contributed by atoms with Gasteiger partial charge in [0.05, 0.1) is 0 Å². The number of carbonyl (C=O) groups is 1. The maximum absolute atomic E-state index is 10.6. The summed E-state index contributed by atoms with van der Waals surface area (Å²) in [7, 11) is 0. The molecule has 0 aromatic rings. The van der Waals surface area contributed by atoms with Crippen molar-refractivity contribution in [2.75, 3.05) is 0 Å². The molecular formula is C7H10O4. The summed E-state index contributed by atoms with van der Waals surface area (Å²) >= 11 is 0. The minimum Gasteiger partial charge on any atom is -0.457 e. The molecule has 1 saturated heterocycles. The summed E-state index contributed by atoms with van der Waals surface area (Å²) in [5.41, 5.74) is 0. The summed E-state index contributed by atoms with van der Waals surface area (Å²) in [5.74, 6) is -0.760. The molecule has 3 atom stereocenters. The first kappa shape index (κ1) is 8.23. The molecule has 0 aromatic carbocycles. The summed E-state index contributed by atoms with van der Waals surface area (Å²) < 4.78 is 4.62. The molecule has 0 bridgehead atoms. The second-order valence-corrected chi connectivity index (χ2v) is 2.44. The van der Waals surface area contributed by atoms with Gasteiger partial charge in [-0.3, -0.25) is 0 Å². The highest BCUT2D eigenvalue weighted by molar-refractivity contribution is 5.77. The molecule has 2 N–H and O–H groups in total. The first-order valence-corrected chi connectivity index (χ1v) is 3.34. The van der Waals surface area contributed by atoms with Crippen molar-refractivity contribution in [1.82, 2.24) is 0 Å². The molecule has 1 aliphatic rings. The predicted octanol–water partition coefficient (Wildman–Crippen LogP) is -0.790. The number of ether oxygens (including phenoxy) is 1. The van der Waals surface area contributed by atoms with E-state index in [1.807, 2.05) is 0 Å². The van der Waals surface area contributed by atoms with Crippen molar-refractivity contribution < 1.29 is 19.7 Å². The molecule has 0 unspecified atom stereocenters. The maximum atomic E-state index is 10.6. The fourth-order valence-electron chi connectivity index (χ4n) is 0.983. The molecule has 4 heteroatoms. The third kappa shape index (κ3) is 1.41. The van der Waals surface area contributed by atoms with Crippen LogP contribution in [0.4, 0.5) is 0 Å². The third-order valence-electron chi connectivity index (χ3n) is 1.61. The normalized spacial score (nSPS) is 36.9. The average molecular weight is 158 g/mol. The molecule has 0 aromatic heterocycles. The number of cyclic esters (lactones) is 1. The Balaban J connectivity index is 2.59. The van der Waals surface area contributed by atoms with Gasteiger partial charge in [0.25, 0.3) is 0 Å². The molecule has 0 aliphatic carbocycles. The number of carbonyl (C=O) groups excluding carboxylic acids is 1. The van der Waals surface area contributed by atoms with E-state index in [9.17, 15) is 4.79 Å². The van der Waals surface area contributed by atoms with Crippen LogP contribution in [-0.2, 0) is 9.53 Å². The molecule has 0 spiro atoms. The Morgan fingerprint density at radius 3 is 2.64 bits per heavy atom. The second-order valence-electron chi connectivity index (χ2n) is 2.44. The van der Waals surface area contributed by atoms with Gasteiger partial charge < -0.3 is 14.9 Å². The minimum absolute atomic E-state index is 0.365. The molecule has 1 rings (SSSR count). The highest BCUT2D eigenvalue weighted by atomic mass is 16.6. The van der Waals surface area contributed by atoms with Crippen LogP contribution in [0, 0.1) is 0 Å². The molecule has 4 nitrogen and oxygen atoms in total. The topological polar surface area (TPSA) is 66.8 Å². The van der Waals surface area contributed by atoms with E-state index >= 15 is 0 Å². The van der Waals surface area contributed by atoms with Crippen molar-refractivity contribution in [3.63, 3.8) is 0 Å². The van der Waals surface area contributed by atoms with Crippen molar-refractivity contribution >= 4 is 5.97 Å². The van der Waals surface area contributed by atoms with Gasteiger partial charge in [-0.15, -0.1) is 6.58 Å². The van der Waals surface area contributed by atoms with Crippen molar-refractivity contribution in [3.8, 4) is 0 Å². The zero-order valence-electron chi connectivity index (χ0n) is 5.93. The Bertz CT molecular complexity index is 177. The van der Waals surface area contributed by atoms with Gasteiger partial charge in [0.15, 0.2) is 6.10 Å². The standard InChI is InChI=1S/C7H10O4/c1-2-3-4-5(8)6(9)7(10)11-4/h2,4-6,8-9H,1,3H2/t4-,5+,6+/m1/s1. The van der Waals surface area contributed by atoms with Crippen molar-refractivity contribution in [1.29, 1.82) is 0 Å². The number of hydrogen-bond acceptors (Lipinski definition) is 4. The highest BCUT2D eigenvalue weighted by Crippen LogP contribution is 2.18. The lowest BCUT2D eigenvalue weighted by Gasteiger charge is -2.09. The van der Waals surface area contributed by atoms with Crippen LogP contribution in [0.2, 0.25) is 0 Å². The van der Waals surface area contributed by atoms with E-state index in [4.69, 9.17) is 10.2 Å². The highest BCUT2D eigenvalue weighted by Gasteiger charge is 2.41. The third-order valence-corrected chi connectivity index (χ3v) is 1.61. The molecule has 62 valence electrons. The van der Waals surface area contributed by atoms with E-state index in [0.29, 0.717) is 6.42 Å². The Morgan fingerprint density at radius 1 is 1.64 bits per heavy atom. The van der Waals surface area contributed by atoms with Crippen molar-refractivity contribution in [3.05, 3.63) is 12.7 Å². The molecule has 1 heterocycles. The van der Waals surface area contributed by atoms with Gasteiger partial charge in [-0.05, 0) is 0 Å². The second kappa shape index (κ2) is 3.02. The molecule has 11 heavy (non-hydrogen) atoms. The first-order valence-electron chi connectivity index (χ1n) is 3.34. The average Bonchev–Trinajstić information content (AvgIpc) is 2.19. The van der Waals surface area contributed by atoms with Gasteiger partial charge in [-0.25, -0.2) is 4.79 Å². The fraction of sp³-hybridized carbons (Fsp3) is 0.571. The summed E-state index contributed by atoms with van der Waals surface area (Å²) in [6.07, 6.45) is -1.24. The fourth-order valence-corrected chi connectivity index (χ4v) is 0.983. The molecule has 1 aliphatic heterocycles. The molecule has 1 fully saturated rings. The van der Waals surface area contributed by atoms with Gasteiger partial charge in [0.2, 0.25) is 0 Å². The maximum Gasteiger partial charge on any atom is 0.338 e. The summed E-state index contributed by atoms with van der Waals surface area (Å²) in [4.78, 5) is 10.6. The number of hydrogen-bond donors (Lipinski definition) is 2. The van der Waals surface area contributed by atoms with Gasteiger partial charge in [-0.2, -0.15) is 0 Å². The van der Waals surface area contributed by atoms with Crippen molar-refractivity contribution in [2.45, 2.75) is 24.7 Å². The Kier molecular flexibility index (Phi) is 2.26. The van der Waals surface area contributed by atoms with Crippen LogP contribution in [-0.4, -0.2) is 34.5 Å². The van der Waals surface area contributed by atoms with Crippen LogP contribution >= 0.6 is 0 Å². The summed E-state index contributed by atoms with van der Waals surface area (Å²) in [6.45, 7) is 3.42. The van der Waals surface area contributed by atoms with Crippen LogP contribution in [0.5, 0.6) is 0 Å². The molecule has 0 saturated carbocycles. The zero-order valence-corrected chi connectivity index (χ0v) is 5.93. The number of rotatable bonds is 2. The van der Waals surface area contributed by atoms with Crippen LogP contribution < -0.4 is 0 Å². The van der Waals surface area contributed by atoms with E-state index in [0.717, 1.165) is 0 Å². The van der Waals surface area contributed by atoms with Gasteiger partial charge in [0, 0.05) is 6.42 Å². The summed E-state index contributed by atoms with van der Waals surface area (Å²) in [5, 5.41) is 18.0. The van der Waals surface area contributed by atoms with E-state index < -0.39 is 24.3 Å². The van der Waals surface area contributed by atoms with E-state index in [2.05, 4.69) is 11.3 Å². The van der Waals surface area contributed by atoms with E-state index in [1.54, 1.807) is 0 Å². The summed E-state index contributed by atoms with van der Waals surface area (Å²) in [6, 6.07) is 0. The molecule has 0 radical (unpaired) electrons. The number of aliphatic hydroxyl groups is 2. The Morgan fingerprint density at radius 2 is 2.27 bits per heavy atom. The van der Waals surface area contributed by atoms with E-state index in [-0.39, 0.29) is 0 Å². The lowest BCUT2D eigenvalue weighted by atomic mass is 10.1. The first-order chi connectivity index (χ1) is 5.16.